The van der Waals surface area contributed by atoms with Crippen LogP contribution in [0, 0.1) is 11.8 Å². The summed E-state index contributed by atoms with van der Waals surface area (Å²) in [5, 5.41) is 9.02. The number of hydrogen-bond acceptors (Lipinski definition) is 3. The van der Waals surface area contributed by atoms with Crippen molar-refractivity contribution in [2.24, 2.45) is 11.8 Å². The number of carbonyl (C=O) groups is 1. The Morgan fingerprint density at radius 1 is 1.39 bits per heavy atom. The van der Waals surface area contributed by atoms with Crippen LogP contribution in [0.25, 0.3) is 0 Å². The van der Waals surface area contributed by atoms with Gasteiger partial charge in [-0.2, -0.15) is 0 Å². The van der Waals surface area contributed by atoms with Crippen LogP contribution in [0.5, 0.6) is 0 Å². The first kappa shape index (κ1) is 13.8. The van der Waals surface area contributed by atoms with E-state index in [1.807, 2.05) is 0 Å². The third kappa shape index (κ3) is 3.04. The van der Waals surface area contributed by atoms with E-state index in [-0.39, 0.29) is 12.5 Å². The molecular weight excluding hydrogens is 230 g/mol. The van der Waals surface area contributed by atoms with Crippen molar-refractivity contribution in [2.45, 2.75) is 51.6 Å². The lowest BCUT2D eigenvalue weighted by Gasteiger charge is -2.46. The molecule has 1 N–H and O–H groups in total. The molecule has 104 valence electrons. The van der Waals surface area contributed by atoms with Gasteiger partial charge in [-0.3, -0.25) is 9.69 Å². The Morgan fingerprint density at radius 3 is 2.89 bits per heavy atom. The third-order valence-corrected chi connectivity index (χ3v) is 4.77. The summed E-state index contributed by atoms with van der Waals surface area (Å²) in [5.74, 6) is 0.692. The molecule has 2 fully saturated rings. The molecule has 4 heteroatoms. The maximum absolute atomic E-state index is 11.0. The third-order valence-electron chi connectivity index (χ3n) is 4.77. The number of morpholine rings is 1. The molecule has 1 saturated carbocycles. The predicted molar refractivity (Wildman–Crippen MR) is 69.5 cm³/mol. The van der Waals surface area contributed by atoms with E-state index < -0.39 is 5.97 Å². The van der Waals surface area contributed by atoms with E-state index in [0.717, 1.165) is 19.1 Å². The Balaban J connectivity index is 2.05. The van der Waals surface area contributed by atoms with E-state index in [4.69, 9.17) is 9.84 Å². The van der Waals surface area contributed by atoms with Gasteiger partial charge in [0.2, 0.25) is 0 Å². The summed E-state index contributed by atoms with van der Waals surface area (Å²) < 4.78 is 5.46. The Bertz CT molecular complexity index is 295. The molecule has 2 rings (SSSR count). The van der Waals surface area contributed by atoms with E-state index in [0.29, 0.717) is 18.6 Å². The fraction of sp³-hybridized carbons (Fsp3) is 0.929. The van der Waals surface area contributed by atoms with Crippen LogP contribution in [0.4, 0.5) is 0 Å². The van der Waals surface area contributed by atoms with E-state index in [9.17, 15) is 4.79 Å². The van der Waals surface area contributed by atoms with Crippen molar-refractivity contribution in [3.8, 4) is 0 Å². The predicted octanol–water partition coefficient (Wildman–Crippen LogP) is 1.99. The molecule has 4 atom stereocenters. The van der Waals surface area contributed by atoms with Gasteiger partial charge in [0, 0.05) is 18.6 Å². The summed E-state index contributed by atoms with van der Waals surface area (Å²) >= 11 is 0. The molecule has 0 radical (unpaired) electrons. The van der Waals surface area contributed by atoms with Crippen LogP contribution in [0.15, 0.2) is 0 Å². The Morgan fingerprint density at radius 2 is 2.17 bits per heavy atom. The quantitative estimate of drug-likeness (QED) is 0.838. The number of hydrogen-bond donors (Lipinski definition) is 1. The molecule has 1 heterocycles. The van der Waals surface area contributed by atoms with Crippen LogP contribution in [-0.4, -0.2) is 47.8 Å². The van der Waals surface area contributed by atoms with Gasteiger partial charge in [-0.05, 0) is 18.3 Å². The summed E-state index contributed by atoms with van der Waals surface area (Å²) in [5.41, 5.74) is 0. The second-order valence-electron chi connectivity index (χ2n) is 5.90. The summed E-state index contributed by atoms with van der Waals surface area (Å²) in [4.78, 5) is 13.4. The van der Waals surface area contributed by atoms with E-state index >= 15 is 0 Å². The van der Waals surface area contributed by atoms with Gasteiger partial charge >= 0.3 is 5.97 Å². The fourth-order valence-corrected chi connectivity index (χ4v) is 3.50. The van der Waals surface area contributed by atoms with E-state index in [1.54, 1.807) is 0 Å². The SMILES string of the molecule is CC1CCCC(N2CCOCC2CC(=O)O)C1C. The van der Waals surface area contributed by atoms with Crippen molar-refractivity contribution in [3.63, 3.8) is 0 Å². The van der Waals surface area contributed by atoms with Crippen molar-refractivity contribution in [1.82, 2.24) is 4.90 Å². The maximum atomic E-state index is 11.0. The van der Waals surface area contributed by atoms with Crippen molar-refractivity contribution in [3.05, 3.63) is 0 Å². The summed E-state index contributed by atoms with van der Waals surface area (Å²) in [6.45, 7) is 6.85. The number of nitrogens with zero attached hydrogens (tertiary/aromatic N) is 1. The molecule has 0 aromatic rings. The zero-order chi connectivity index (χ0) is 13.1. The van der Waals surface area contributed by atoms with Gasteiger partial charge in [0.05, 0.1) is 19.6 Å². The molecular formula is C14H25NO3. The highest BCUT2D eigenvalue weighted by atomic mass is 16.5. The summed E-state index contributed by atoms with van der Waals surface area (Å²) in [7, 11) is 0. The minimum Gasteiger partial charge on any atom is -0.481 e. The first-order valence-corrected chi connectivity index (χ1v) is 7.15. The highest BCUT2D eigenvalue weighted by Crippen LogP contribution is 2.34. The smallest absolute Gasteiger partial charge is 0.305 e. The molecule has 2 aliphatic rings. The van der Waals surface area contributed by atoms with Crippen LogP contribution in [0.2, 0.25) is 0 Å². The first-order valence-electron chi connectivity index (χ1n) is 7.15. The molecule has 0 spiro atoms. The fourth-order valence-electron chi connectivity index (χ4n) is 3.50. The molecule has 4 nitrogen and oxygen atoms in total. The second kappa shape index (κ2) is 6.02. The molecule has 1 aliphatic heterocycles. The van der Waals surface area contributed by atoms with Crippen molar-refractivity contribution in [2.75, 3.05) is 19.8 Å². The lowest BCUT2D eigenvalue weighted by molar-refractivity contribution is -0.141. The van der Waals surface area contributed by atoms with Crippen LogP contribution in [0.1, 0.15) is 39.5 Å². The summed E-state index contributed by atoms with van der Waals surface area (Å²) in [6, 6.07) is 0.607. The average molecular weight is 255 g/mol. The van der Waals surface area contributed by atoms with E-state index in [2.05, 4.69) is 18.7 Å². The Kier molecular flexibility index (Phi) is 4.62. The average Bonchev–Trinajstić information content (AvgIpc) is 2.33. The Hall–Kier alpha value is -0.610. The van der Waals surface area contributed by atoms with Crippen molar-refractivity contribution < 1.29 is 14.6 Å². The molecule has 0 aromatic carbocycles. The second-order valence-corrected chi connectivity index (χ2v) is 5.90. The molecule has 1 saturated heterocycles. The molecule has 0 bridgehead atoms. The van der Waals surface area contributed by atoms with Crippen LogP contribution >= 0.6 is 0 Å². The Labute approximate surface area is 109 Å². The zero-order valence-corrected chi connectivity index (χ0v) is 11.5. The van der Waals surface area contributed by atoms with Gasteiger partial charge in [-0.25, -0.2) is 0 Å². The minimum absolute atomic E-state index is 0.0639. The molecule has 0 amide bonds. The number of carboxylic acid groups (broad SMARTS) is 1. The van der Waals surface area contributed by atoms with Crippen LogP contribution < -0.4 is 0 Å². The van der Waals surface area contributed by atoms with Gasteiger partial charge in [-0.15, -0.1) is 0 Å². The van der Waals surface area contributed by atoms with Gasteiger partial charge in [0.1, 0.15) is 0 Å². The number of ether oxygens (including phenoxy) is 1. The maximum Gasteiger partial charge on any atom is 0.305 e. The standard InChI is InChI=1S/C14H25NO3/c1-10-4-3-5-13(11(10)2)15-6-7-18-9-12(15)8-14(16)17/h10-13H,3-9H2,1-2H3,(H,16,17). The first-order chi connectivity index (χ1) is 8.59. The minimum atomic E-state index is -0.716. The van der Waals surface area contributed by atoms with E-state index in [1.165, 1.54) is 19.3 Å². The highest BCUT2D eigenvalue weighted by Gasteiger charge is 2.36. The molecule has 0 aromatic heterocycles. The van der Waals surface area contributed by atoms with Gasteiger partial charge < -0.3 is 9.84 Å². The van der Waals surface area contributed by atoms with Crippen LogP contribution in [0.3, 0.4) is 0 Å². The monoisotopic (exact) mass is 255 g/mol. The normalized spacial score (nSPS) is 38.6. The molecule has 1 aliphatic carbocycles. The summed E-state index contributed by atoms with van der Waals surface area (Å²) in [6.07, 6.45) is 4.00. The van der Waals surface area contributed by atoms with Gasteiger partial charge in [-0.1, -0.05) is 26.7 Å². The molecule has 18 heavy (non-hydrogen) atoms. The highest BCUT2D eigenvalue weighted by molar-refractivity contribution is 5.67. The molecule has 4 unspecified atom stereocenters. The van der Waals surface area contributed by atoms with Crippen LogP contribution in [-0.2, 0) is 9.53 Å². The van der Waals surface area contributed by atoms with Gasteiger partial charge in [0.15, 0.2) is 0 Å². The van der Waals surface area contributed by atoms with Crippen molar-refractivity contribution >= 4 is 5.97 Å². The number of carboxylic acids is 1. The van der Waals surface area contributed by atoms with Gasteiger partial charge in [0.25, 0.3) is 0 Å². The van der Waals surface area contributed by atoms with Crippen molar-refractivity contribution in [1.29, 1.82) is 0 Å². The lowest BCUT2D eigenvalue weighted by atomic mass is 9.76. The lowest BCUT2D eigenvalue weighted by Crippen LogP contribution is -2.55. The topological polar surface area (TPSA) is 49.8 Å². The zero-order valence-electron chi connectivity index (χ0n) is 11.5. The largest absolute Gasteiger partial charge is 0.481 e. The number of rotatable bonds is 3. The number of aliphatic carboxylic acids is 1.